The SMILES string of the molecule is CCOc1ccccc1CNCCOc1ccccn1. The first-order valence-corrected chi connectivity index (χ1v) is 6.85. The average Bonchev–Trinajstić information content (AvgIpc) is 2.50. The molecule has 0 atom stereocenters. The first-order valence-electron chi connectivity index (χ1n) is 6.85. The zero-order valence-electron chi connectivity index (χ0n) is 11.7. The number of hydrogen-bond donors (Lipinski definition) is 1. The molecule has 0 saturated heterocycles. The second kappa shape index (κ2) is 8.17. The van der Waals surface area contributed by atoms with Gasteiger partial charge in [-0.1, -0.05) is 24.3 Å². The van der Waals surface area contributed by atoms with E-state index in [0.717, 1.165) is 24.4 Å². The molecular formula is C16H20N2O2. The fourth-order valence-electron chi connectivity index (χ4n) is 1.83. The topological polar surface area (TPSA) is 43.4 Å². The molecule has 1 heterocycles. The Morgan fingerprint density at radius 3 is 2.70 bits per heavy atom. The van der Waals surface area contributed by atoms with Crippen LogP contribution in [0.15, 0.2) is 48.7 Å². The number of nitrogens with one attached hydrogen (secondary N) is 1. The number of hydrogen-bond acceptors (Lipinski definition) is 4. The minimum atomic E-state index is 0.591. The Morgan fingerprint density at radius 1 is 1.05 bits per heavy atom. The third-order valence-corrected chi connectivity index (χ3v) is 2.75. The highest BCUT2D eigenvalue weighted by Gasteiger charge is 2.01. The summed E-state index contributed by atoms with van der Waals surface area (Å²) in [7, 11) is 0. The van der Waals surface area contributed by atoms with Gasteiger partial charge in [0.05, 0.1) is 6.61 Å². The van der Waals surface area contributed by atoms with E-state index < -0.39 is 0 Å². The zero-order valence-corrected chi connectivity index (χ0v) is 11.7. The molecule has 0 aliphatic heterocycles. The van der Waals surface area contributed by atoms with Crippen molar-refractivity contribution in [3.8, 4) is 11.6 Å². The van der Waals surface area contributed by atoms with E-state index in [1.54, 1.807) is 6.20 Å². The lowest BCUT2D eigenvalue weighted by Gasteiger charge is -2.11. The van der Waals surface area contributed by atoms with Gasteiger partial charge in [0, 0.05) is 30.9 Å². The first-order chi connectivity index (χ1) is 9.90. The van der Waals surface area contributed by atoms with Crippen molar-refractivity contribution >= 4 is 0 Å². The monoisotopic (exact) mass is 272 g/mol. The summed E-state index contributed by atoms with van der Waals surface area (Å²) in [5.41, 5.74) is 1.16. The van der Waals surface area contributed by atoms with E-state index in [2.05, 4.69) is 16.4 Å². The molecule has 0 radical (unpaired) electrons. The van der Waals surface area contributed by atoms with E-state index in [1.807, 2.05) is 43.3 Å². The fourth-order valence-corrected chi connectivity index (χ4v) is 1.83. The predicted octanol–water partition coefficient (Wildman–Crippen LogP) is 2.65. The zero-order chi connectivity index (χ0) is 14.0. The second-order valence-electron chi connectivity index (χ2n) is 4.23. The van der Waals surface area contributed by atoms with Crippen molar-refractivity contribution in [2.75, 3.05) is 19.8 Å². The molecule has 0 aliphatic rings. The number of aromatic nitrogens is 1. The second-order valence-corrected chi connectivity index (χ2v) is 4.23. The van der Waals surface area contributed by atoms with E-state index in [0.29, 0.717) is 19.1 Å². The largest absolute Gasteiger partial charge is 0.494 e. The van der Waals surface area contributed by atoms with Crippen LogP contribution in [0.5, 0.6) is 11.6 Å². The maximum Gasteiger partial charge on any atom is 0.213 e. The fraction of sp³-hybridized carbons (Fsp3) is 0.312. The van der Waals surface area contributed by atoms with Crippen molar-refractivity contribution in [1.29, 1.82) is 0 Å². The summed E-state index contributed by atoms with van der Waals surface area (Å²) in [5.74, 6) is 1.59. The summed E-state index contributed by atoms with van der Waals surface area (Å²) >= 11 is 0. The Labute approximate surface area is 119 Å². The highest BCUT2D eigenvalue weighted by Crippen LogP contribution is 2.17. The quantitative estimate of drug-likeness (QED) is 0.750. The minimum Gasteiger partial charge on any atom is -0.494 e. The third kappa shape index (κ3) is 4.55. The molecule has 1 N–H and O–H groups in total. The summed E-state index contributed by atoms with van der Waals surface area (Å²) in [5, 5.41) is 3.34. The van der Waals surface area contributed by atoms with Gasteiger partial charge in [-0.3, -0.25) is 0 Å². The number of rotatable bonds is 8. The van der Waals surface area contributed by atoms with Crippen molar-refractivity contribution in [2.45, 2.75) is 13.5 Å². The number of pyridine rings is 1. The standard InChI is InChI=1S/C16H20N2O2/c1-2-19-15-8-4-3-7-14(15)13-17-11-12-20-16-9-5-6-10-18-16/h3-10,17H,2,11-13H2,1H3. The van der Waals surface area contributed by atoms with Crippen molar-refractivity contribution in [3.63, 3.8) is 0 Å². The third-order valence-electron chi connectivity index (χ3n) is 2.75. The summed E-state index contributed by atoms with van der Waals surface area (Å²) < 4.78 is 11.1. The van der Waals surface area contributed by atoms with E-state index in [1.165, 1.54) is 0 Å². The highest BCUT2D eigenvalue weighted by atomic mass is 16.5. The average molecular weight is 272 g/mol. The van der Waals surface area contributed by atoms with Crippen LogP contribution < -0.4 is 14.8 Å². The smallest absolute Gasteiger partial charge is 0.213 e. The van der Waals surface area contributed by atoms with Crippen LogP contribution in [0.2, 0.25) is 0 Å². The van der Waals surface area contributed by atoms with Crippen LogP contribution in [0.25, 0.3) is 0 Å². The normalized spacial score (nSPS) is 10.2. The van der Waals surface area contributed by atoms with Crippen molar-refractivity contribution in [2.24, 2.45) is 0 Å². The number of benzene rings is 1. The van der Waals surface area contributed by atoms with Gasteiger partial charge in [0.15, 0.2) is 0 Å². The molecule has 0 amide bonds. The van der Waals surface area contributed by atoms with Crippen molar-refractivity contribution < 1.29 is 9.47 Å². The van der Waals surface area contributed by atoms with Gasteiger partial charge in [0.25, 0.3) is 0 Å². The number of nitrogens with zero attached hydrogens (tertiary/aromatic N) is 1. The Balaban J connectivity index is 1.71. The first kappa shape index (κ1) is 14.3. The molecule has 106 valence electrons. The molecule has 1 aromatic heterocycles. The molecule has 4 nitrogen and oxygen atoms in total. The van der Waals surface area contributed by atoms with Crippen LogP contribution >= 0.6 is 0 Å². The molecule has 4 heteroatoms. The van der Waals surface area contributed by atoms with Gasteiger partial charge in [0.1, 0.15) is 12.4 Å². The molecule has 0 bridgehead atoms. The Morgan fingerprint density at radius 2 is 1.90 bits per heavy atom. The van der Waals surface area contributed by atoms with Gasteiger partial charge >= 0.3 is 0 Å². The highest BCUT2D eigenvalue weighted by molar-refractivity contribution is 5.33. The lowest BCUT2D eigenvalue weighted by Crippen LogP contribution is -2.21. The maximum atomic E-state index is 5.58. The summed E-state index contributed by atoms with van der Waals surface area (Å²) in [6.45, 7) is 4.79. The molecule has 0 aliphatic carbocycles. The van der Waals surface area contributed by atoms with Crippen LogP contribution in [-0.2, 0) is 6.54 Å². The lowest BCUT2D eigenvalue weighted by atomic mass is 10.2. The van der Waals surface area contributed by atoms with Gasteiger partial charge in [0.2, 0.25) is 5.88 Å². The molecule has 2 aromatic rings. The van der Waals surface area contributed by atoms with Gasteiger partial charge in [-0.2, -0.15) is 0 Å². The molecule has 0 unspecified atom stereocenters. The summed E-state index contributed by atoms with van der Waals surface area (Å²) in [6.07, 6.45) is 1.72. The molecule has 1 aromatic carbocycles. The van der Waals surface area contributed by atoms with Gasteiger partial charge < -0.3 is 14.8 Å². The van der Waals surface area contributed by atoms with Crippen LogP contribution in [0, 0.1) is 0 Å². The van der Waals surface area contributed by atoms with Gasteiger partial charge in [-0.25, -0.2) is 4.98 Å². The van der Waals surface area contributed by atoms with E-state index in [4.69, 9.17) is 9.47 Å². The minimum absolute atomic E-state index is 0.591. The molecule has 20 heavy (non-hydrogen) atoms. The van der Waals surface area contributed by atoms with Crippen molar-refractivity contribution in [1.82, 2.24) is 10.3 Å². The van der Waals surface area contributed by atoms with E-state index in [9.17, 15) is 0 Å². The molecule has 0 fully saturated rings. The van der Waals surface area contributed by atoms with Gasteiger partial charge in [-0.15, -0.1) is 0 Å². The van der Waals surface area contributed by atoms with Crippen molar-refractivity contribution in [3.05, 3.63) is 54.2 Å². The Hall–Kier alpha value is -2.07. The van der Waals surface area contributed by atoms with Crippen LogP contribution in [0.3, 0.4) is 0 Å². The number of ether oxygens (including phenoxy) is 2. The van der Waals surface area contributed by atoms with Gasteiger partial charge in [-0.05, 0) is 19.1 Å². The molecular weight excluding hydrogens is 252 g/mol. The maximum absolute atomic E-state index is 5.58. The van der Waals surface area contributed by atoms with Crippen LogP contribution in [0.1, 0.15) is 12.5 Å². The summed E-state index contributed by atoms with van der Waals surface area (Å²) in [6, 6.07) is 13.7. The Kier molecular flexibility index (Phi) is 5.86. The van der Waals surface area contributed by atoms with E-state index >= 15 is 0 Å². The summed E-state index contributed by atoms with van der Waals surface area (Å²) in [4.78, 5) is 4.10. The predicted molar refractivity (Wildman–Crippen MR) is 79.0 cm³/mol. The van der Waals surface area contributed by atoms with Crippen LogP contribution in [0.4, 0.5) is 0 Å². The number of para-hydroxylation sites is 1. The Bertz CT molecular complexity index is 503. The van der Waals surface area contributed by atoms with E-state index in [-0.39, 0.29) is 0 Å². The molecule has 0 saturated carbocycles. The van der Waals surface area contributed by atoms with Crippen LogP contribution in [-0.4, -0.2) is 24.7 Å². The lowest BCUT2D eigenvalue weighted by molar-refractivity contribution is 0.300. The molecule has 0 spiro atoms. The molecule has 2 rings (SSSR count).